The third-order valence-corrected chi connectivity index (χ3v) is 8.54. The van der Waals surface area contributed by atoms with Gasteiger partial charge in [0.05, 0.1) is 21.8 Å². The molecule has 1 aliphatic rings. The highest BCUT2D eigenvalue weighted by atomic mass is 32.2. The molecule has 3 rings (SSSR count). The second kappa shape index (κ2) is 8.56. The van der Waals surface area contributed by atoms with Crippen molar-refractivity contribution in [1.29, 1.82) is 0 Å². The fraction of sp³-hybridized carbons (Fsp3) is 0.429. The molecule has 1 heterocycles. The van der Waals surface area contributed by atoms with Crippen molar-refractivity contribution in [3.8, 4) is 23.7 Å². The number of fused-ring (bicyclic) bond motifs is 1. The van der Waals surface area contributed by atoms with Gasteiger partial charge in [-0.05, 0) is 49.3 Å². The van der Waals surface area contributed by atoms with E-state index in [1.165, 1.54) is 23.7 Å². The van der Waals surface area contributed by atoms with Crippen molar-refractivity contribution in [2.24, 2.45) is 5.92 Å². The van der Waals surface area contributed by atoms with Crippen molar-refractivity contribution in [2.75, 3.05) is 12.9 Å². The Balaban J connectivity index is 1.74. The molecule has 0 spiro atoms. The van der Waals surface area contributed by atoms with Crippen LogP contribution < -0.4 is 5.48 Å². The molecule has 0 unspecified atom stereocenters. The number of amides is 1. The lowest BCUT2D eigenvalue weighted by Gasteiger charge is -2.24. The molecule has 0 radical (unpaired) electrons. The number of aromatic nitrogens is 1. The van der Waals surface area contributed by atoms with Crippen LogP contribution in [0.25, 0.3) is 10.2 Å². The lowest BCUT2D eigenvalue weighted by molar-refractivity contribution is -0.131. The van der Waals surface area contributed by atoms with Crippen molar-refractivity contribution >= 4 is 37.3 Å². The van der Waals surface area contributed by atoms with Gasteiger partial charge in [0.2, 0.25) is 0 Å². The van der Waals surface area contributed by atoms with Crippen molar-refractivity contribution < 1.29 is 27.9 Å². The topological polar surface area (TPSA) is 117 Å². The monoisotopic (exact) mass is 464 g/mol. The predicted octanol–water partition coefficient (Wildman–Crippen LogP) is 1.61. The van der Waals surface area contributed by atoms with Crippen molar-refractivity contribution in [3.63, 3.8) is 0 Å². The first-order chi connectivity index (χ1) is 14.5. The predicted molar refractivity (Wildman–Crippen MR) is 115 cm³/mol. The molecular formula is C21H21FN2O5S2. The first-order valence-electron chi connectivity index (χ1n) is 9.39. The van der Waals surface area contributed by atoms with E-state index in [1.807, 2.05) is 0 Å². The van der Waals surface area contributed by atoms with Crippen LogP contribution in [0, 0.1) is 29.6 Å². The molecule has 1 fully saturated rings. The molecular weight excluding hydrogens is 443 g/mol. The number of halogens is 1. The molecule has 31 heavy (non-hydrogen) atoms. The van der Waals surface area contributed by atoms with E-state index in [4.69, 9.17) is 10.3 Å². The van der Waals surface area contributed by atoms with Crippen LogP contribution in [0.15, 0.2) is 18.2 Å². The van der Waals surface area contributed by atoms with E-state index in [1.54, 1.807) is 18.2 Å². The Labute approximate surface area is 183 Å². The summed E-state index contributed by atoms with van der Waals surface area (Å²) in [6, 6.07) is 5.32. The van der Waals surface area contributed by atoms with E-state index in [2.05, 4.69) is 28.7 Å². The second-order valence-electron chi connectivity index (χ2n) is 7.68. The largest absolute Gasteiger partial charge is 0.396 e. The summed E-state index contributed by atoms with van der Waals surface area (Å²) >= 11 is 1.35. The highest BCUT2D eigenvalue weighted by Gasteiger charge is 2.54. The molecule has 2 aromatic rings. The third-order valence-electron chi connectivity index (χ3n) is 5.44. The number of rotatable bonds is 6. The highest BCUT2D eigenvalue weighted by Crippen LogP contribution is 2.46. The van der Waals surface area contributed by atoms with Crippen LogP contribution in [0.3, 0.4) is 0 Å². The van der Waals surface area contributed by atoms with Gasteiger partial charge in [-0.3, -0.25) is 10.0 Å². The molecule has 0 bridgehead atoms. The van der Waals surface area contributed by atoms with E-state index in [0.717, 1.165) is 11.0 Å². The summed E-state index contributed by atoms with van der Waals surface area (Å²) in [5, 5.41) is 18.5. The molecule has 3 atom stereocenters. The standard InChI is InChI=1S/C21H21FN2O5S2/c1-20(19(26)24-27,31(2,28)29)10-8-18-23-16-7-6-14(11-17(16)30-18)5-3-4-9-21(22)12-15(21)13-25/h6-7,11,15,25,27H,8,10,12-13H2,1-2H3,(H,24,26)/t15-,20-,21-/m1/s1. The maximum atomic E-state index is 13.9. The number of nitrogens with zero attached hydrogens (tertiary/aromatic N) is 1. The highest BCUT2D eigenvalue weighted by molar-refractivity contribution is 7.92. The number of hydroxylamine groups is 1. The summed E-state index contributed by atoms with van der Waals surface area (Å²) in [5.41, 5.74) is 1.17. The van der Waals surface area contributed by atoms with Gasteiger partial charge in [0.1, 0.15) is 4.75 Å². The molecule has 164 valence electrons. The van der Waals surface area contributed by atoms with Gasteiger partial charge in [0.15, 0.2) is 15.5 Å². The van der Waals surface area contributed by atoms with Crippen molar-refractivity contribution in [3.05, 3.63) is 28.8 Å². The Morgan fingerprint density at radius 1 is 1.45 bits per heavy atom. The van der Waals surface area contributed by atoms with Crippen LogP contribution in [-0.4, -0.2) is 52.9 Å². The summed E-state index contributed by atoms with van der Waals surface area (Å²) in [7, 11) is -3.77. The Bertz CT molecular complexity index is 1250. The number of carbonyl (C=O) groups is 1. The molecule has 7 nitrogen and oxygen atoms in total. The molecule has 3 N–H and O–H groups in total. The van der Waals surface area contributed by atoms with Gasteiger partial charge in [-0.2, -0.15) is 0 Å². The molecule has 0 aliphatic heterocycles. The van der Waals surface area contributed by atoms with E-state index >= 15 is 0 Å². The number of alkyl halides is 1. The minimum atomic E-state index is -3.77. The molecule has 1 saturated carbocycles. The smallest absolute Gasteiger partial charge is 0.264 e. The normalized spacial score (nSPS) is 21.9. The first kappa shape index (κ1) is 23.2. The fourth-order valence-corrected chi connectivity index (χ4v) is 4.85. The Hall–Kier alpha value is -2.50. The lowest BCUT2D eigenvalue weighted by atomic mass is 10.0. The first-order valence-corrected chi connectivity index (χ1v) is 12.1. The van der Waals surface area contributed by atoms with Crippen LogP contribution in [0.1, 0.15) is 30.3 Å². The molecule has 1 aliphatic carbocycles. The number of aliphatic hydroxyl groups excluding tert-OH is 1. The molecule has 1 aromatic heterocycles. The maximum Gasteiger partial charge on any atom is 0.264 e. The number of aliphatic hydroxyl groups is 1. The summed E-state index contributed by atoms with van der Waals surface area (Å²) in [5.74, 6) is 8.98. The summed E-state index contributed by atoms with van der Waals surface area (Å²) < 4.78 is 37.1. The van der Waals surface area contributed by atoms with Crippen molar-refractivity contribution in [1.82, 2.24) is 10.5 Å². The number of thiazole rings is 1. The number of hydrogen-bond acceptors (Lipinski definition) is 7. The zero-order chi connectivity index (χ0) is 22.9. The van der Waals surface area contributed by atoms with E-state index < -0.39 is 32.1 Å². The zero-order valence-electron chi connectivity index (χ0n) is 16.9. The number of nitrogens with one attached hydrogen (secondary N) is 1. The third kappa shape index (κ3) is 4.89. The van der Waals surface area contributed by atoms with Gasteiger partial charge < -0.3 is 5.11 Å². The Kier molecular flexibility index (Phi) is 6.40. The van der Waals surface area contributed by atoms with Crippen LogP contribution in [-0.2, 0) is 21.1 Å². The van der Waals surface area contributed by atoms with Crippen LogP contribution in [0.5, 0.6) is 0 Å². The fourth-order valence-electron chi connectivity index (χ4n) is 2.99. The number of carbonyl (C=O) groups excluding carboxylic acids is 1. The molecule has 10 heteroatoms. The van der Waals surface area contributed by atoms with Gasteiger partial charge in [0, 0.05) is 30.6 Å². The maximum absolute atomic E-state index is 13.9. The minimum Gasteiger partial charge on any atom is -0.396 e. The SMILES string of the molecule is C[C@@](CCc1nc2ccc(C#CC#C[C@@]3(F)C[C@@H]3CO)cc2s1)(C(=O)NO)S(C)(=O)=O. The average molecular weight is 465 g/mol. The van der Waals surface area contributed by atoms with Crippen LogP contribution in [0.2, 0.25) is 0 Å². The van der Waals surface area contributed by atoms with Gasteiger partial charge in [0.25, 0.3) is 5.91 Å². The van der Waals surface area contributed by atoms with Gasteiger partial charge in [-0.25, -0.2) is 23.3 Å². The number of benzene rings is 1. The summed E-state index contributed by atoms with van der Waals surface area (Å²) in [6.07, 6.45) is 1.37. The average Bonchev–Trinajstić information content (AvgIpc) is 3.20. The van der Waals surface area contributed by atoms with Gasteiger partial charge in [-0.15, -0.1) is 11.3 Å². The number of aryl methyl sites for hydroxylation is 1. The molecule has 1 amide bonds. The summed E-state index contributed by atoms with van der Waals surface area (Å²) in [6.45, 7) is 1.04. The number of sulfone groups is 1. The van der Waals surface area contributed by atoms with Gasteiger partial charge in [-0.1, -0.05) is 5.92 Å². The quantitative estimate of drug-likeness (QED) is 0.340. The van der Waals surface area contributed by atoms with E-state index in [0.29, 0.717) is 16.1 Å². The summed E-state index contributed by atoms with van der Waals surface area (Å²) in [4.78, 5) is 16.4. The Morgan fingerprint density at radius 2 is 2.19 bits per heavy atom. The zero-order valence-corrected chi connectivity index (χ0v) is 18.5. The van der Waals surface area contributed by atoms with E-state index in [-0.39, 0.29) is 25.9 Å². The van der Waals surface area contributed by atoms with Crippen LogP contribution >= 0.6 is 11.3 Å². The molecule has 0 saturated heterocycles. The molecule has 1 aromatic carbocycles. The number of hydrogen-bond donors (Lipinski definition) is 3. The van der Waals surface area contributed by atoms with E-state index in [9.17, 15) is 17.6 Å². The van der Waals surface area contributed by atoms with Gasteiger partial charge >= 0.3 is 0 Å². The minimum absolute atomic E-state index is 0.0416. The van der Waals surface area contributed by atoms with Crippen molar-refractivity contribution in [2.45, 2.75) is 36.6 Å². The van der Waals surface area contributed by atoms with Crippen LogP contribution in [0.4, 0.5) is 4.39 Å². The second-order valence-corrected chi connectivity index (χ2v) is 11.2. The lowest BCUT2D eigenvalue weighted by Crippen LogP contribution is -2.49. The Morgan fingerprint density at radius 3 is 2.81 bits per heavy atom.